The lowest BCUT2D eigenvalue weighted by molar-refractivity contribution is 0.506. The first kappa shape index (κ1) is 21.2. The van der Waals surface area contributed by atoms with Crippen LogP contribution in [-0.2, 0) is 16.4 Å². The van der Waals surface area contributed by atoms with Crippen molar-refractivity contribution < 1.29 is 12.8 Å². The highest BCUT2D eigenvalue weighted by Crippen LogP contribution is 1.99. The van der Waals surface area contributed by atoms with Crippen molar-refractivity contribution >= 4 is 40.0 Å². The van der Waals surface area contributed by atoms with Crippen molar-refractivity contribution in [1.29, 1.82) is 0 Å². The molecular formula is C13H25IN4O3S. The van der Waals surface area contributed by atoms with Gasteiger partial charge in [0.15, 0.2) is 5.96 Å². The van der Waals surface area contributed by atoms with Gasteiger partial charge in [-0.2, -0.15) is 0 Å². The Morgan fingerprint density at radius 1 is 1.27 bits per heavy atom. The van der Waals surface area contributed by atoms with Crippen molar-refractivity contribution in [1.82, 2.24) is 15.4 Å². The average molecular weight is 444 g/mol. The zero-order chi connectivity index (χ0) is 15.6. The van der Waals surface area contributed by atoms with Crippen LogP contribution in [0.2, 0.25) is 0 Å². The molecule has 22 heavy (non-hydrogen) atoms. The van der Waals surface area contributed by atoms with Gasteiger partial charge in [0.25, 0.3) is 0 Å². The summed E-state index contributed by atoms with van der Waals surface area (Å²) in [6.45, 7) is 3.40. The van der Waals surface area contributed by atoms with E-state index in [2.05, 4.69) is 20.3 Å². The Morgan fingerprint density at radius 2 is 2.00 bits per heavy atom. The number of furan rings is 1. The van der Waals surface area contributed by atoms with Crippen molar-refractivity contribution in [3.8, 4) is 0 Å². The van der Waals surface area contributed by atoms with E-state index >= 15 is 0 Å². The van der Waals surface area contributed by atoms with E-state index in [-0.39, 0.29) is 29.7 Å². The summed E-state index contributed by atoms with van der Waals surface area (Å²) in [5, 5.41) is 6.29. The minimum absolute atomic E-state index is 0. The zero-order valence-electron chi connectivity index (χ0n) is 13.0. The van der Waals surface area contributed by atoms with Gasteiger partial charge in [0, 0.05) is 33.1 Å². The molecule has 0 amide bonds. The molecule has 1 heterocycles. The summed E-state index contributed by atoms with van der Waals surface area (Å²) in [5.41, 5.74) is 0. The molecular weight excluding hydrogens is 419 g/mol. The minimum Gasteiger partial charge on any atom is -0.469 e. The number of hydrogen-bond donors (Lipinski definition) is 3. The van der Waals surface area contributed by atoms with E-state index in [1.54, 1.807) is 20.2 Å². The third-order valence-electron chi connectivity index (χ3n) is 2.82. The van der Waals surface area contributed by atoms with Crippen LogP contribution in [0.15, 0.2) is 27.8 Å². The molecule has 128 valence electrons. The standard InChI is InChI=1S/C13H24N4O3S.HI/c1-3-21(18,19)17-9-5-8-15-13(14-2)16-10-7-12-6-4-11-20-12;/h4,6,11,17H,3,5,7-10H2,1-2H3,(H2,14,15,16);1H. The summed E-state index contributed by atoms with van der Waals surface area (Å²) < 4.78 is 30.2. The summed E-state index contributed by atoms with van der Waals surface area (Å²) in [5.74, 6) is 1.73. The molecule has 0 bridgehead atoms. The first-order chi connectivity index (χ1) is 10.1. The largest absolute Gasteiger partial charge is 0.469 e. The Hall–Kier alpha value is -0.810. The van der Waals surface area contributed by atoms with E-state index in [1.165, 1.54) is 0 Å². The van der Waals surface area contributed by atoms with Crippen LogP contribution in [0.25, 0.3) is 0 Å². The smallest absolute Gasteiger partial charge is 0.211 e. The van der Waals surface area contributed by atoms with Gasteiger partial charge < -0.3 is 15.1 Å². The fourth-order valence-electron chi connectivity index (χ4n) is 1.60. The van der Waals surface area contributed by atoms with E-state index < -0.39 is 10.0 Å². The number of guanidine groups is 1. The van der Waals surface area contributed by atoms with Crippen LogP contribution in [0.3, 0.4) is 0 Å². The van der Waals surface area contributed by atoms with E-state index in [4.69, 9.17) is 4.42 Å². The molecule has 0 saturated heterocycles. The lowest BCUT2D eigenvalue weighted by Gasteiger charge is -2.11. The van der Waals surface area contributed by atoms with Crippen LogP contribution >= 0.6 is 24.0 Å². The Morgan fingerprint density at radius 3 is 2.59 bits per heavy atom. The van der Waals surface area contributed by atoms with Crippen molar-refractivity contribution in [2.75, 3.05) is 32.4 Å². The van der Waals surface area contributed by atoms with Crippen LogP contribution in [0.4, 0.5) is 0 Å². The number of nitrogens with one attached hydrogen (secondary N) is 3. The normalized spacial score (nSPS) is 11.8. The highest BCUT2D eigenvalue weighted by molar-refractivity contribution is 14.0. The molecule has 0 atom stereocenters. The summed E-state index contributed by atoms with van der Waals surface area (Å²) in [7, 11) is -1.40. The Bertz CT molecular complexity index is 517. The fourth-order valence-corrected chi connectivity index (χ4v) is 2.26. The number of nitrogens with zero attached hydrogens (tertiary/aromatic N) is 1. The SMILES string of the molecule is CCS(=O)(=O)NCCCNC(=NC)NCCc1ccco1.I. The molecule has 0 aromatic carbocycles. The monoisotopic (exact) mass is 444 g/mol. The second-order valence-electron chi connectivity index (χ2n) is 4.41. The van der Waals surface area contributed by atoms with Gasteiger partial charge >= 0.3 is 0 Å². The van der Waals surface area contributed by atoms with Crippen molar-refractivity contribution in [3.05, 3.63) is 24.2 Å². The summed E-state index contributed by atoms with van der Waals surface area (Å²) in [6, 6.07) is 3.79. The zero-order valence-corrected chi connectivity index (χ0v) is 16.1. The molecule has 0 unspecified atom stereocenters. The highest BCUT2D eigenvalue weighted by Gasteiger charge is 2.04. The first-order valence-electron chi connectivity index (χ1n) is 7.01. The van der Waals surface area contributed by atoms with E-state index in [1.807, 2.05) is 12.1 Å². The second kappa shape index (κ2) is 11.7. The van der Waals surface area contributed by atoms with Crippen LogP contribution < -0.4 is 15.4 Å². The van der Waals surface area contributed by atoms with Gasteiger partial charge in [0.2, 0.25) is 10.0 Å². The van der Waals surface area contributed by atoms with E-state index in [9.17, 15) is 8.42 Å². The molecule has 0 aliphatic heterocycles. The Balaban J connectivity index is 0.00000441. The molecule has 1 aromatic rings. The van der Waals surface area contributed by atoms with E-state index in [0.717, 1.165) is 18.7 Å². The van der Waals surface area contributed by atoms with Gasteiger partial charge in [0.05, 0.1) is 12.0 Å². The van der Waals surface area contributed by atoms with Gasteiger partial charge in [0.1, 0.15) is 5.76 Å². The van der Waals surface area contributed by atoms with Crippen molar-refractivity contribution in [2.45, 2.75) is 19.8 Å². The van der Waals surface area contributed by atoms with E-state index in [0.29, 0.717) is 25.5 Å². The molecule has 9 heteroatoms. The number of hydrogen-bond acceptors (Lipinski definition) is 4. The van der Waals surface area contributed by atoms with Crippen LogP contribution in [-0.4, -0.2) is 46.8 Å². The fraction of sp³-hybridized carbons (Fsp3) is 0.615. The molecule has 7 nitrogen and oxygen atoms in total. The molecule has 3 N–H and O–H groups in total. The van der Waals surface area contributed by atoms with Crippen LogP contribution in [0.1, 0.15) is 19.1 Å². The summed E-state index contributed by atoms with van der Waals surface area (Å²) >= 11 is 0. The minimum atomic E-state index is -3.10. The maximum absolute atomic E-state index is 11.2. The third kappa shape index (κ3) is 9.26. The third-order valence-corrected chi connectivity index (χ3v) is 4.22. The van der Waals surface area contributed by atoms with Gasteiger partial charge in [-0.25, -0.2) is 13.1 Å². The molecule has 0 radical (unpaired) electrons. The average Bonchev–Trinajstić information content (AvgIpc) is 2.98. The van der Waals surface area contributed by atoms with Gasteiger partial charge in [-0.3, -0.25) is 4.99 Å². The Labute approximate surface area is 149 Å². The predicted molar refractivity (Wildman–Crippen MR) is 99.3 cm³/mol. The Kier molecular flexibility index (Phi) is 11.3. The number of sulfonamides is 1. The molecule has 1 aromatic heterocycles. The number of halogens is 1. The summed E-state index contributed by atoms with van der Waals surface area (Å²) in [4.78, 5) is 4.09. The van der Waals surface area contributed by atoms with Gasteiger partial charge in [-0.1, -0.05) is 0 Å². The van der Waals surface area contributed by atoms with Gasteiger partial charge in [-0.15, -0.1) is 24.0 Å². The van der Waals surface area contributed by atoms with Crippen LogP contribution in [0, 0.1) is 0 Å². The second-order valence-corrected chi connectivity index (χ2v) is 6.50. The molecule has 0 aliphatic carbocycles. The lowest BCUT2D eigenvalue weighted by atomic mass is 10.3. The molecule has 1 rings (SSSR count). The molecule has 0 saturated carbocycles. The first-order valence-corrected chi connectivity index (χ1v) is 8.67. The van der Waals surface area contributed by atoms with Crippen molar-refractivity contribution in [3.63, 3.8) is 0 Å². The summed E-state index contributed by atoms with van der Waals surface area (Å²) in [6.07, 6.45) is 3.13. The quantitative estimate of drug-likeness (QED) is 0.228. The lowest BCUT2D eigenvalue weighted by Crippen LogP contribution is -2.39. The number of rotatable bonds is 9. The topological polar surface area (TPSA) is 95.7 Å². The molecule has 0 fully saturated rings. The maximum Gasteiger partial charge on any atom is 0.211 e. The predicted octanol–water partition coefficient (Wildman–Crippen LogP) is 0.935. The van der Waals surface area contributed by atoms with Gasteiger partial charge in [-0.05, 0) is 25.5 Å². The maximum atomic E-state index is 11.2. The van der Waals surface area contributed by atoms with Crippen molar-refractivity contribution in [2.24, 2.45) is 4.99 Å². The highest BCUT2D eigenvalue weighted by atomic mass is 127. The van der Waals surface area contributed by atoms with Crippen LogP contribution in [0.5, 0.6) is 0 Å². The molecule has 0 aliphatic rings. The number of aliphatic imine (C=N–C) groups is 1. The molecule has 0 spiro atoms.